The highest BCUT2D eigenvalue weighted by Gasteiger charge is 2.31. The number of carbonyl (C=O) groups excluding carboxylic acids is 1. The van der Waals surface area contributed by atoms with Crippen molar-refractivity contribution in [3.05, 3.63) is 94.5 Å². The molecule has 0 saturated carbocycles. The van der Waals surface area contributed by atoms with Crippen molar-refractivity contribution < 1.29 is 19.4 Å². The molecule has 1 amide bonds. The Labute approximate surface area is 245 Å². The van der Waals surface area contributed by atoms with E-state index in [9.17, 15) is 14.7 Å². The lowest BCUT2D eigenvalue weighted by atomic mass is 9.96. The van der Waals surface area contributed by atoms with Gasteiger partial charge in [0.2, 0.25) is 0 Å². The SMILES string of the molecule is C[Si](C)(C)C#Cc1ccc2c(c1)C(COC(=O)N[C@@H](Cc1ccccc1)C(=O)O)c1cc(C#C[Si](C)(C)C)ccc1-2. The third kappa shape index (κ3) is 8.23. The first kappa shape index (κ1) is 29.9. The van der Waals surface area contributed by atoms with Crippen molar-refractivity contribution in [1.29, 1.82) is 0 Å². The van der Waals surface area contributed by atoms with Gasteiger partial charge in [0.15, 0.2) is 0 Å². The highest BCUT2D eigenvalue weighted by atomic mass is 28.3. The monoisotopic (exact) mass is 579 g/mol. The number of carbonyl (C=O) groups is 2. The standard InChI is InChI=1S/C34H37NO4Si2/c1-40(2,3)18-16-25-12-14-27-28-15-13-26(17-19-41(4,5)6)21-30(28)31(29(27)20-25)23-39-34(38)35-32(33(36)37)22-24-10-8-7-9-11-24/h7-15,20-21,31-32H,22-23H2,1-6H3,(H,35,38)(H,36,37)/t32-/m0/s1. The highest BCUT2D eigenvalue weighted by Crippen LogP contribution is 2.45. The Balaban J connectivity index is 1.61. The van der Waals surface area contributed by atoms with E-state index >= 15 is 0 Å². The second kappa shape index (κ2) is 12.2. The van der Waals surface area contributed by atoms with Crippen LogP contribution >= 0.6 is 0 Å². The number of fused-ring (bicyclic) bond motifs is 3. The van der Waals surface area contributed by atoms with E-state index in [1.54, 1.807) is 0 Å². The van der Waals surface area contributed by atoms with Crippen LogP contribution in [0.3, 0.4) is 0 Å². The first-order chi connectivity index (χ1) is 19.3. The molecule has 0 fully saturated rings. The van der Waals surface area contributed by atoms with Gasteiger partial charge in [-0.15, -0.1) is 11.1 Å². The second-order valence-corrected chi connectivity index (χ2v) is 22.0. The quantitative estimate of drug-likeness (QED) is 0.252. The number of nitrogens with one attached hydrogen (secondary N) is 1. The van der Waals surface area contributed by atoms with E-state index in [2.05, 4.69) is 91.8 Å². The predicted octanol–water partition coefficient (Wildman–Crippen LogP) is 6.68. The summed E-state index contributed by atoms with van der Waals surface area (Å²) in [5, 5.41) is 12.2. The third-order valence-corrected chi connectivity index (χ3v) is 8.31. The normalized spacial score (nSPS) is 13.0. The van der Waals surface area contributed by atoms with Crippen LogP contribution in [0.25, 0.3) is 11.1 Å². The Morgan fingerprint density at radius 2 is 1.34 bits per heavy atom. The van der Waals surface area contributed by atoms with E-state index in [0.29, 0.717) is 0 Å². The Hall–Kier alpha value is -4.05. The summed E-state index contributed by atoms with van der Waals surface area (Å²) in [7, 11) is -3.12. The molecular formula is C34H37NO4Si2. The number of carboxylic acid groups (broad SMARTS) is 1. The molecule has 3 aromatic rings. The average molecular weight is 580 g/mol. The molecule has 0 saturated heterocycles. The molecule has 41 heavy (non-hydrogen) atoms. The van der Waals surface area contributed by atoms with Crippen LogP contribution in [-0.2, 0) is 16.0 Å². The van der Waals surface area contributed by atoms with Crippen molar-refractivity contribution in [2.75, 3.05) is 6.61 Å². The van der Waals surface area contributed by atoms with Crippen LogP contribution in [-0.4, -0.2) is 46.0 Å². The van der Waals surface area contributed by atoms with Crippen LogP contribution in [0.1, 0.15) is 33.7 Å². The number of carboxylic acids is 1. The zero-order valence-electron chi connectivity index (χ0n) is 24.6. The van der Waals surface area contributed by atoms with Crippen molar-refractivity contribution in [1.82, 2.24) is 5.32 Å². The van der Waals surface area contributed by atoms with Gasteiger partial charge in [0.1, 0.15) is 28.8 Å². The molecule has 4 rings (SSSR count). The molecule has 0 unspecified atom stereocenters. The van der Waals surface area contributed by atoms with Gasteiger partial charge in [-0.2, -0.15) is 0 Å². The molecule has 0 bridgehead atoms. The smallest absolute Gasteiger partial charge is 0.407 e. The maximum atomic E-state index is 12.9. The number of hydrogen-bond donors (Lipinski definition) is 2. The number of amides is 1. The van der Waals surface area contributed by atoms with Crippen LogP contribution in [0, 0.1) is 22.9 Å². The van der Waals surface area contributed by atoms with E-state index in [-0.39, 0.29) is 18.9 Å². The van der Waals surface area contributed by atoms with Gasteiger partial charge in [0.25, 0.3) is 0 Å². The molecule has 0 aliphatic heterocycles. The largest absolute Gasteiger partial charge is 0.480 e. The molecule has 0 spiro atoms. The number of ether oxygens (including phenoxy) is 1. The summed E-state index contributed by atoms with van der Waals surface area (Å²) in [4.78, 5) is 24.7. The summed E-state index contributed by atoms with van der Waals surface area (Å²) < 4.78 is 5.69. The molecule has 7 heteroatoms. The van der Waals surface area contributed by atoms with Crippen LogP contribution in [0.5, 0.6) is 0 Å². The van der Waals surface area contributed by atoms with Crippen LogP contribution in [0.2, 0.25) is 39.3 Å². The van der Waals surface area contributed by atoms with Gasteiger partial charge in [-0.1, -0.05) is 93.6 Å². The first-order valence-electron chi connectivity index (χ1n) is 13.8. The molecule has 0 radical (unpaired) electrons. The van der Waals surface area contributed by atoms with E-state index in [1.165, 1.54) is 0 Å². The summed E-state index contributed by atoms with van der Waals surface area (Å²) >= 11 is 0. The fourth-order valence-electron chi connectivity index (χ4n) is 4.61. The number of aliphatic carboxylic acids is 1. The van der Waals surface area contributed by atoms with Gasteiger partial charge < -0.3 is 15.2 Å². The first-order valence-corrected chi connectivity index (χ1v) is 20.8. The van der Waals surface area contributed by atoms with E-state index < -0.39 is 34.3 Å². The van der Waals surface area contributed by atoms with E-state index in [0.717, 1.165) is 38.9 Å². The summed E-state index contributed by atoms with van der Waals surface area (Å²) in [6.45, 7) is 13.3. The van der Waals surface area contributed by atoms with Crippen LogP contribution in [0.15, 0.2) is 66.7 Å². The summed E-state index contributed by atoms with van der Waals surface area (Å²) in [5.74, 6) is 5.36. The maximum absolute atomic E-state index is 12.9. The average Bonchev–Trinajstić information content (AvgIpc) is 3.21. The van der Waals surface area contributed by atoms with Crippen molar-refractivity contribution in [3.8, 4) is 34.1 Å². The van der Waals surface area contributed by atoms with Gasteiger partial charge >= 0.3 is 12.1 Å². The molecule has 2 N–H and O–H groups in total. The molecule has 1 aliphatic carbocycles. The maximum Gasteiger partial charge on any atom is 0.407 e. The molecule has 210 valence electrons. The molecule has 3 aromatic carbocycles. The summed E-state index contributed by atoms with van der Waals surface area (Å²) in [5.41, 5.74) is 13.8. The Morgan fingerprint density at radius 3 is 1.80 bits per heavy atom. The zero-order valence-corrected chi connectivity index (χ0v) is 26.6. The molecular weight excluding hydrogens is 543 g/mol. The lowest BCUT2D eigenvalue weighted by molar-refractivity contribution is -0.139. The second-order valence-electron chi connectivity index (χ2n) is 12.5. The lowest BCUT2D eigenvalue weighted by Crippen LogP contribution is -2.42. The predicted molar refractivity (Wildman–Crippen MR) is 170 cm³/mol. The van der Waals surface area contributed by atoms with E-state index in [1.807, 2.05) is 42.5 Å². The van der Waals surface area contributed by atoms with Gasteiger partial charge in [0.05, 0.1) is 0 Å². The Kier molecular flexibility index (Phi) is 8.92. The van der Waals surface area contributed by atoms with Gasteiger partial charge in [0, 0.05) is 23.5 Å². The van der Waals surface area contributed by atoms with Crippen molar-refractivity contribution in [2.24, 2.45) is 0 Å². The van der Waals surface area contributed by atoms with Crippen LogP contribution < -0.4 is 5.32 Å². The van der Waals surface area contributed by atoms with Crippen molar-refractivity contribution in [3.63, 3.8) is 0 Å². The lowest BCUT2D eigenvalue weighted by Gasteiger charge is -2.18. The van der Waals surface area contributed by atoms with Gasteiger partial charge in [-0.05, 0) is 52.1 Å². The fraction of sp³-hybridized carbons (Fsp3) is 0.294. The Bertz CT molecular complexity index is 1500. The van der Waals surface area contributed by atoms with E-state index in [4.69, 9.17) is 4.74 Å². The summed E-state index contributed by atoms with van der Waals surface area (Å²) in [6.07, 6.45) is -0.591. The molecule has 1 atom stereocenters. The highest BCUT2D eigenvalue weighted by molar-refractivity contribution is 6.84. The van der Waals surface area contributed by atoms with Gasteiger partial charge in [-0.3, -0.25) is 0 Å². The molecule has 0 heterocycles. The number of hydrogen-bond acceptors (Lipinski definition) is 3. The minimum Gasteiger partial charge on any atom is -0.480 e. The zero-order chi connectivity index (χ0) is 29.8. The fourth-order valence-corrected chi connectivity index (χ4v) is 5.65. The van der Waals surface area contributed by atoms with Gasteiger partial charge in [-0.25, -0.2) is 9.59 Å². The van der Waals surface area contributed by atoms with Crippen molar-refractivity contribution in [2.45, 2.75) is 57.7 Å². The minimum absolute atomic E-state index is 0.0688. The third-order valence-electron chi connectivity index (χ3n) is 6.56. The molecule has 0 aromatic heterocycles. The minimum atomic E-state index is -1.56. The molecule has 5 nitrogen and oxygen atoms in total. The molecule has 1 aliphatic rings. The summed E-state index contributed by atoms with van der Waals surface area (Å²) in [6, 6.07) is 20.6. The topological polar surface area (TPSA) is 75.6 Å². The Morgan fingerprint density at radius 1 is 0.829 bits per heavy atom. The van der Waals surface area contributed by atoms with Crippen LogP contribution in [0.4, 0.5) is 4.79 Å². The number of rotatable bonds is 6. The number of benzene rings is 3. The number of alkyl carbamates (subject to hydrolysis) is 1. The van der Waals surface area contributed by atoms with Crippen molar-refractivity contribution >= 4 is 28.2 Å².